The lowest BCUT2D eigenvalue weighted by Crippen LogP contribution is -1.95. The molecule has 7 nitrogen and oxygen atoms in total. The highest BCUT2D eigenvalue weighted by Crippen LogP contribution is 2.42. The average Bonchev–Trinajstić information content (AvgIpc) is 4.10. The fraction of sp³-hybridized carbons (Fsp3) is 0.102. The lowest BCUT2D eigenvalue weighted by atomic mass is 10.0. The molecule has 2 aliphatic heterocycles. The molecule has 4 aromatic carbocycles. The van der Waals surface area contributed by atoms with Crippen molar-refractivity contribution in [1.82, 2.24) is 14.5 Å². The second-order valence-electron chi connectivity index (χ2n) is 13.7. The number of fused-ring (bicyclic) bond motifs is 8. The number of nitrogens with zero attached hydrogens (tertiary/aromatic N) is 3. The van der Waals surface area contributed by atoms with Crippen molar-refractivity contribution in [2.45, 2.75) is 0 Å². The Balaban J connectivity index is 1.46. The van der Waals surface area contributed by atoms with Crippen LogP contribution in [0, 0.1) is 0 Å². The van der Waals surface area contributed by atoms with E-state index in [9.17, 15) is 0 Å². The zero-order chi connectivity index (χ0) is 39.0. The molecule has 7 aromatic rings. The molecule has 0 unspecified atom stereocenters. The van der Waals surface area contributed by atoms with E-state index in [0.29, 0.717) is 0 Å². The molecule has 280 valence electrons. The van der Waals surface area contributed by atoms with Gasteiger partial charge in [-0.15, -0.1) is 11.3 Å². The third kappa shape index (κ3) is 6.54. The summed E-state index contributed by atoms with van der Waals surface area (Å²) in [4.78, 5) is 10.9. The molecule has 8 bridgehead atoms. The molecule has 0 saturated heterocycles. The van der Waals surface area contributed by atoms with Crippen LogP contribution in [0.3, 0.4) is 0 Å². The Kier molecular flexibility index (Phi) is 9.40. The molecule has 0 amide bonds. The van der Waals surface area contributed by atoms with Crippen molar-refractivity contribution in [1.29, 1.82) is 0 Å². The van der Waals surface area contributed by atoms with Crippen molar-refractivity contribution < 1.29 is 18.9 Å². The second-order valence-corrected chi connectivity index (χ2v) is 14.8. The highest BCUT2D eigenvalue weighted by atomic mass is 32.1. The van der Waals surface area contributed by atoms with E-state index in [2.05, 4.69) is 109 Å². The van der Waals surface area contributed by atoms with Crippen molar-refractivity contribution >= 4 is 56.1 Å². The van der Waals surface area contributed by atoms with Crippen LogP contribution in [0.25, 0.3) is 89.2 Å². The SMILES string of the molecule is COc1ccc(-c2c3nc(c(-c4ccc(OC)cc4)c4ccc(c(-c5ccc(OC)cc5)c5nc(c(-c6ccc(OC)cc6)c6ccc2s6)C=C5)n4C)C=C3)cc1. The first-order valence-corrected chi connectivity index (χ1v) is 19.4. The minimum Gasteiger partial charge on any atom is -0.497 e. The molecule has 0 aliphatic carbocycles. The second kappa shape index (κ2) is 15.0. The van der Waals surface area contributed by atoms with Gasteiger partial charge in [-0.1, -0.05) is 48.5 Å². The van der Waals surface area contributed by atoms with Gasteiger partial charge in [-0.2, -0.15) is 0 Å². The van der Waals surface area contributed by atoms with Crippen molar-refractivity contribution in [3.8, 4) is 67.5 Å². The largest absolute Gasteiger partial charge is 0.497 e. The number of thiophene rings is 1. The number of aryl methyl sites for hydroxylation is 1. The van der Waals surface area contributed by atoms with Gasteiger partial charge in [0, 0.05) is 38.7 Å². The van der Waals surface area contributed by atoms with Crippen molar-refractivity contribution in [2.75, 3.05) is 28.4 Å². The summed E-state index contributed by atoms with van der Waals surface area (Å²) in [5, 5.41) is 0. The van der Waals surface area contributed by atoms with Crippen LogP contribution in [-0.4, -0.2) is 43.0 Å². The maximum atomic E-state index is 5.56. The zero-order valence-corrected chi connectivity index (χ0v) is 33.1. The van der Waals surface area contributed by atoms with Crippen LogP contribution in [0.4, 0.5) is 0 Å². The summed E-state index contributed by atoms with van der Waals surface area (Å²) < 4.78 is 26.7. The van der Waals surface area contributed by atoms with Crippen LogP contribution in [-0.2, 0) is 7.05 Å². The standard InChI is InChI=1S/C49H39N3O4S/c1-52-42-26-27-43(52)47(31-8-16-35(54-3)17-9-31)39-23-25-41(51-39)49(33-12-20-37(56-5)21-13-33)45-29-28-44(57-45)48(32-10-18-36(55-4)19-11-32)40-24-22-38(50-40)46(42)30-6-14-34(53-2)15-7-30/h6-29H,1-5H3. The minimum absolute atomic E-state index is 0.791. The summed E-state index contributed by atoms with van der Waals surface area (Å²) in [5.74, 6) is 3.17. The number of ether oxygens (including phenoxy) is 4. The summed E-state index contributed by atoms with van der Waals surface area (Å²) >= 11 is 1.73. The summed E-state index contributed by atoms with van der Waals surface area (Å²) in [7, 11) is 8.87. The molecular formula is C49H39N3O4S. The van der Waals surface area contributed by atoms with E-state index in [0.717, 1.165) is 111 Å². The zero-order valence-electron chi connectivity index (χ0n) is 32.2. The van der Waals surface area contributed by atoms with Gasteiger partial charge in [0.05, 0.1) is 62.2 Å². The Morgan fingerprint density at radius 2 is 0.649 bits per heavy atom. The maximum absolute atomic E-state index is 5.56. The van der Waals surface area contributed by atoms with Gasteiger partial charge in [-0.05, 0) is 119 Å². The van der Waals surface area contributed by atoms with Gasteiger partial charge in [0.2, 0.25) is 0 Å². The molecule has 0 saturated carbocycles. The molecule has 3 aromatic heterocycles. The van der Waals surface area contributed by atoms with E-state index >= 15 is 0 Å². The van der Waals surface area contributed by atoms with E-state index in [1.165, 1.54) is 0 Å². The van der Waals surface area contributed by atoms with Crippen molar-refractivity contribution in [3.63, 3.8) is 0 Å². The number of hydrogen-bond acceptors (Lipinski definition) is 7. The fourth-order valence-electron chi connectivity index (χ4n) is 7.62. The topological polar surface area (TPSA) is 67.6 Å². The summed E-state index contributed by atoms with van der Waals surface area (Å²) in [5.41, 5.74) is 13.7. The molecule has 9 rings (SSSR count). The molecule has 57 heavy (non-hydrogen) atoms. The van der Waals surface area contributed by atoms with Crippen LogP contribution < -0.4 is 18.9 Å². The van der Waals surface area contributed by atoms with E-state index < -0.39 is 0 Å². The Hall–Kier alpha value is -6.90. The van der Waals surface area contributed by atoms with Crippen LogP contribution in [0.2, 0.25) is 0 Å². The molecule has 2 aliphatic rings. The highest BCUT2D eigenvalue weighted by molar-refractivity contribution is 7.24. The smallest absolute Gasteiger partial charge is 0.118 e. The van der Waals surface area contributed by atoms with E-state index in [1.807, 2.05) is 48.5 Å². The van der Waals surface area contributed by atoms with E-state index in [-0.39, 0.29) is 0 Å². The monoisotopic (exact) mass is 765 g/mol. The van der Waals surface area contributed by atoms with Crippen LogP contribution in [0.1, 0.15) is 22.8 Å². The van der Waals surface area contributed by atoms with Gasteiger partial charge >= 0.3 is 0 Å². The van der Waals surface area contributed by atoms with Gasteiger partial charge in [0.1, 0.15) is 23.0 Å². The lowest BCUT2D eigenvalue weighted by Gasteiger charge is -2.11. The van der Waals surface area contributed by atoms with Gasteiger partial charge in [-0.3, -0.25) is 0 Å². The predicted octanol–water partition coefficient (Wildman–Crippen LogP) is 12.1. The Labute approximate surface area is 335 Å². The van der Waals surface area contributed by atoms with Gasteiger partial charge in [-0.25, -0.2) is 9.97 Å². The van der Waals surface area contributed by atoms with E-state index in [1.54, 1.807) is 39.8 Å². The first-order chi connectivity index (χ1) is 28.0. The number of aromatic nitrogens is 3. The molecule has 0 radical (unpaired) electrons. The molecule has 0 atom stereocenters. The van der Waals surface area contributed by atoms with Crippen LogP contribution >= 0.6 is 11.3 Å². The molecule has 8 heteroatoms. The van der Waals surface area contributed by atoms with Crippen LogP contribution in [0.5, 0.6) is 23.0 Å². The predicted molar refractivity (Wildman–Crippen MR) is 235 cm³/mol. The normalized spacial score (nSPS) is 11.8. The van der Waals surface area contributed by atoms with Gasteiger partial charge < -0.3 is 23.5 Å². The Bertz CT molecular complexity index is 2680. The third-order valence-electron chi connectivity index (χ3n) is 10.6. The minimum atomic E-state index is 0.791. The molecule has 0 N–H and O–H groups in total. The van der Waals surface area contributed by atoms with Gasteiger partial charge in [0.25, 0.3) is 0 Å². The molecule has 0 fully saturated rings. The maximum Gasteiger partial charge on any atom is 0.118 e. The van der Waals surface area contributed by atoms with Crippen molar-refractivity contribution in [2.24, 2.45) is 7.05 Å². The number of benzene rings is 4. The molecule has 0 spiro atoms. The number of rotatable bonds is 8. The third-order valence-corrected chi connectivity index (χ3v) is 11.7. The lowest BCUT2D eigenvalue weighted by molar-refractivity contribution is 0.415. The van der Waals surface area contributed by atoms with E-state index in [4.69, 9.17) is 28.9 Å². The fourth-order valence-corrected chi connectivity index (χ4v) is 8.78. The first kappa shape index (κ1) is 35.8. The quantitative estimate of drug-likeness (QED) is 0.153. The number of methoxy groups -OCH3 is 4. The molecular weight excluding hydrogens is 727 g/mol. The highest BCUT2D eigenvalue weighted by Gasteiger charge is 2.20. The Morgan fingerprint density at radius 3 is 0.947 bits per heavy atom. The van der Waals surface area contributed by atoms with Crippen molar-refractivity contribution in [3.05, 3.63) is 144 Å². The average molecular weight is 766 g/mol. The Morgan fingerprint density at radius 1 is 0.368 bits per heavy atom. The van der Waals surface area contributed by atoms with Gasteiger partial charge in [0.15, 0.2) is 0 Å². The number of hydrogen-bond donors (Lipinski definition) is 0. The summed E-state index contributed by atoms with van der Waals surface area (Å²) in [6.07, 6.45) is 8.53. The molecule has 5 heterocycles. The summed E-state index contributed by atoms with van der Waals surface area (Å²) in [6.45, 7) is 0. The van der Waals surface area contributed by atoms with Crippen LogP contribution in [0.15, 0.2) is 121 Å². The summed E-state index contributed by atoms with van der Waals surface area (Å²) in [6, 6.07) is 41.6. The first-order valence-electron chi connectivity index (χ1n) is 18.6.